The van der Waals surface area contributed by atoms with Gasteiger partial charge in [0.05, 0.1) is 6.67 Å². The molecule has 1 radical (unpaired) electrons. The first-order valence-electron chi connectivity index (χ1n) is 5.11. The third kappa shape index (κ3) is 3.13. The third-order valence-electron chi connectivity index (χ3n) is 2.26. The first kappa shape index (κ1) is 11.2. The summed E-state index contributed by atoms with van der Waals surface area (Å²) in [5.74, 6) is 1.46. The van der Waals surface area contributed by atoms with Crippen LogP contribution in [0.15, 0.2) is 24.3 Å². The highest BCUT2D eigenvalue weighted by Gasteiger charge is 2.06. The van der Waals surface area contributed by atoms with Crippen molar-refractivity contribution >= 4 is 0 Å². The molecule has 0 aliphatic carbocycles. The van der Waals surface area contributed by atoms with E-state index in [4.69, 9.17) is 0 Å². The summed E-state index contributed by atoms with van der Waals surface area (Å²) in [6.07, 6.45) is 1.06. The van der Waals surface area contributed by atoms with Gasteiger partial charge in [0, 0.05) is 5.92 Å². The van der Waals surface area contributed by atoms with E-state index in [9.17, 15) is 4.39 Å². The normalized spacial score (nSPS) is 11.3. The minimum absolute atomic E-state index is 0.356. The molecule has 0 N–H and O–H groups in total. The van der Waals surface area contributed by atoms with Crippen LogP contribution in [0.2, 0.25) is 0 Å². The number of benzene rings is 1. The number of hydrogen-bond acceptors (Lipinski definition) is 0. The highest BCUT2D eigenvalue weighted by molar-refractivity contribution is 5.33. The molecule has 1 aromatic rings. The highest BCUT2D eigenvalue weighted by atomic mass is 19.1. The van der Waals surface area contributed by atoms with Crippen LogP contribution in [0.4, 0.5) is 4.39 Å². The van der Waals surface area contributed by atoms with E-state index in [0.29, 0.717) is 5.92 Å². The Labute approximate surface area is 86.2 Å². The SMILES string of the molecule is C[C](CF)c1cccc(CC(C)C)c1. The summed E-state index contributed by atoms with van der Waals surface area (Å²) >= 11 is 0. The van der Waals surface area contributed by atoms with Gasteiger partial charge in [-0.15, -0.1) is 0 Å². The van der Waals surface area contributed by atoms with Gasteiger partial charge in [-0.3, -0.25) is 4.39 Å². The second kappa shape index (κ2) is 5.14. The van der Waals surface area contributed by atoms with Crippen LogP contribution < -0.4 is 0 Å². The summed E-state index contributed by atoms with van der Waals surface area (Å²) in [5.41, 5.74) is 2.33. The van der Waals surface area contributed by atoms with Gasteiger partial charge in [-0.05, 0) is 23.5 Å². The molecule has 14 heavy (non-hydrogen) atoms. The topological polar surface area (TPSA) is 0 Å². The van der Waals surface area contributed by atoms with Gasteiger partial charge >= 0.3 is 0 Å². The zero-order valence-corrected chi connectivity index (χ0v) is 9.18. The maximum Gasteiger partial charge on any atom is 0.0997 e. The largest absolute Gasteiger partial charge is 0.250 e. The predicted octanol–water partition coefficient (Wildman–Crippen LogP) is 3.80. The van der Waals surface area contributed by atoms with Crippen molar-refractivity contribution in [3.63, 3.8) is 0 Å². The fourth-order valence-corrected chi connectivity index (χ4v) is 1.51. The molecule has 0 saturated carbocycles. The number of rotatable bonds is 4. The molecule has 0 saturated heterocycles. The summed E-state index contributed by atoms with van der Waals surface area (Å²) in [6, 6.07) is 8.18. The summed E-state index contributed by atoms with van der Waals surface area (Å²) in [4.78, 5) is 0. The molecule has 0 atom stereocenters. The lowest BCUT2D eigenvalue weighted by molar-refractivity contribution is 0.516. The second-order valence-corrected chi connectivity index (χ2v) is 4.21. The van der Waals surface area contributed by atoms with Gasteiger partial charge in [-0.1, -0.05) is 45.0 Å². The molecule has 0 bridgehead atoms. The van der Waals surface area contributed by atoms with Crippen LogP contribution in [0.5, 0.6) is 0 Å². The molecular formula is C13H18F. The first-order valence-corrected chi connectivity index (χ1v) is 5.11. The molecule has 1 rings (SSSR count). The maximum atomic E-state index is 12.4. The van der Waals surface area contributed by atoms with Gasteiger partial charge in [0.1, 0.15) is 0 Å². The summed E-state index contributed by atoms with van der Waals surface area (Å²) in [6.45, 7) is 5.87. The smallest absolute Gasteiger partial charge is 0.0997 e. The van der Waals surface area contributed by atoms with Crippen LogP contribution in [-0.4, -0.2) is 6.67 Å². The minimum atomic E-state index is -0.356. The van der Waals surface area contributed by atoms with Crippen LogP contribution in [0, 0.1) is 11.8 Å². The molecule has 0 fully saturated rings. The Balaban J connectivity index is 2.78. The Bertz CT molecular complexity index is 278. The van der Waals surface area contributed by atoms with E-state index in [1.54, 1.807) is 0 Å². The van der Waals surface area contributed by atoms with Crippen molar-refractivity contribution in [3.8, 4) is 0 Å². The molecule has 0 aliphatic rings. The Morgan fingerprint density at radius 3 is 2.64 bits per heavy atom. The van der Waals surface area contributed by atoms with Crippen LogP contribution in [0.3, 0.4) is 0 Å². The molecule has 0 amide bonds. The standard InChI is InChI=1S/C13H18F/c1-10(2)7-12-5-4-6-13(8-12)11(3)9-14/h4-6,8,10H,7,9H2,1-3H3. The Hall–Kier alpha value is -0.850. The van der Waals surface area contributed by atoms with Gasteiger partial charge in [-0.2, -0.15) is 0 Å². The molecular weight excluding hydrogens is 175 g/mol. The van der Waals surface area contributed by atoms with E-state index < -0.39 is 0 Å². The van der Waals surface area contributed by atoms with Crippen molar-refractivity contribution < 1.29 is 4.39 Å². The van der Waals surface area contributed by atoms with Gasteiger partial charge in [0.15, 0.2) is 0 Å². The van der Waals surface area contributed by atoms with E-state index in [1.807, 2.05) is 19.1 Å². The van der Waals surface area contributed by atoms with Crippen molar-refractivity contribution in [1.82, 2.24) is 0 Å². The van der Waals surface area contributed by atoms with E-state index in [2.05, 4.69) is 26.0 Å². The average Bonchev–Trinajstić information content (AvgIpc) is 2.16. The van der Waals surface area contributed by atoms with Crippen LogP contribution in [0.1, 0.15) is 31.9 Å². The summed E-state index contributed by atoms with van der Waals surface area (Å²) < 4.78 is 12.4. The second-order valence-electron chi connectivity index (χ2n) is 4.21. The fraction of sp³-hybridized carbons (Fsp3) is 0.462. The molecule has 0 aliphatic heterocycles. The average molecular weight is 193 g/mol. The summed E-state index contributed by atoms with van der Waals surface area (Å²) in [5, 5.41) is 0. The van der Waals surface area contributed by atoms with Crippen molar-refractivity contribution in [1.29, 1.82) is 0 Å². The van der Waals surface area contributed by atoms with Crippen LogP contribution >= 0.6 is 0 Å². The molecule has 0 spiro atoms. The van der Waals surface area contributed by atoms with Gasteiger partial charge in [0.25, 0.3) is 0 Å². The van der Waals surface area contributed by atoms with E-state index >= 15 is 0 Å². The number of halogens is 1. The van der Waals surface area contributed by atoms with Crippen molar-refractivity contribution in [3.05, 3.63) is 41.3 Å². The fourth-order valence-electron chi connectivity index (χ4n) is 1.51. The van der Waals surface area contributed by atoms with E-state index in [-0.39, 0.29) is 6.67 Å². The quantitative estimate of drug-likeness (QED) is 0.682. The zero-order chi connectivity index (χ0) is 10.6. The molecule has 0 unspecified atom stereocenters. The lowest BCUT2D eigenvalue weighted by atomic mass is 9.96. The van der Waals surface area contributed by atoms with Crippen molar-refractivity contribution in [2.45, 2.75) is 27.2 Å². The lowest BCUT2D eigenvalue weighted by Gasteiger charge is -2.10. The van der Waals surface area contributed by atoms with E-state index in [1.165, 1.54) is 5.56 Å². The molecule has 1 heteroatoms. The third-order valence-corrected chi connectivity index (χ3v) is 2.26. The molecule has 77 valence electrons. The maximum absolute atomic E-state index is 12.4. The van der Waals surface area contributed by atoms with Gasteiger partial charge in [0.2, 0.25) is 0 Å². The first-order chi connectivity index (χ1) is 6.63. The van der Waals surface area contributed by atoms with Crippen molar-refractivity contribution in [2.24, 2.45) is 5.92 Å². The Morgan fingerprint density at radius 2 is 2.07 bits per heavy atom. The minimum Gasteiger partial charge on any atom is -0.250 e. The number of hydrogen-bond donors (Lipinski definition) is 0. The van der Waals surface area contributed by atoms with Crippen molar-refractivity contribution in [2.75, 3.05) is 6.67 Å². The zero-order valence-electron chi connectivity index (χ0n) is 9.18. The highest BCUT2D eigenvalue weighted by Crippen LogP contribution is 2.17. The predicted molar refractivity (Wildman–Crippen MR) is 59.0 cm³/mol. The number of alkyl halides is 1. The lowest BCUT2D eigenvalue weighted by Crippen LogP contribution is -1.99. The van der Waals surface area contributed by atoms with Crippen LogP contribution in [0.25, 0.3) is 0 Å². The van der Waals surface area contributed by atoms with E-state index in [0.717, 1.165) is 17.9 Å². The van der Waals surface area contributed by atoms with Crippen LogP contribution in [-0.2, 0) is 6.42 Å². The molecule has 1 aromatic carbocycles. The van der Waals surface area contributed by atoms with Gasteiger partial charge < -0.3 is 0 Å². The molecule has 0 nitrogen and oxygen atoms in total. The summed E-state index contributed by atoms with van der Waals surface area (Å²) in [7, 11) is 0. The molecule has 0 heterocycles. The Morgan fingerprint density at radius 1 is 1.36 bits per heavy atom. The molecule has 0 aromatic heterocycles. The van der Waals surface area contributed by atoms with Gasteiger partial charge in [-0.25, -0.2) is 0 Å². The monoisotopic (exact) mass is 193 g/mol. The Kier molecular flexibility index (Phi) is 4.12.